The second kappa shape index (κ2) is 4.07. The Morgan fingerprint density at radius 2 is 2.18 bits per heavy atom. The minimum absolute atomic E-state index is 0.186. The predicted molar refractivity (Wildman–Crippen MR) is 39.6 cm³/mol. The molecule has 1 heterocycles. The molecule has 60 valence electrons. The van der Waals surface area contributed by atoms with E-state index in [2.05, 4.69) is 15.4 Å². The molecule has 1 rings (SSSR count). The fourth-order valence-corrected chi connectivity index (χ4v) is 0.553. The van der Waals surface area contributed by atoms with E-state index in [9.17, 15) is 0 Å². The second-order valence-corrected chi connectivity index (χ2v) is 2.03. The molecule has 0 amide bonds. The Kier molecular flexibility index (Phi) is 3.03. The number of ether oxygens (including phenoxy) is 1. The topological polar surface area (TPSA) is 73.1 Å². The van der Waals surface area contributed by atoms with Gasteiger partial charge in [-0.05, 0) is 6.07 Å². The molecule has 0 aliphatic rings. The summed E-state index contributed by atoms with van der Waals surface area (Å²) in [5.74, 6) is 4.96. The zero-order chi connectivity index (χ0) is 8.10. The number of hydrogen-bond acceptors (Lipinski definition) is 5. The maximum absolute atomic E-state index is 5.46. The van der Waals surface area contributed by atoms with Crippen LogP contribution in [-0.4, -0.2) is 15.7 Å². The van der Waals surface area contributed by atoms with Crippen LogP contribution in [0.15, 0.2) is 18.5 Å². The number of hydrogen-bond donors (Lipinski definition) is 2. The fraction of sp³-hybridized carbons (Fsp3) is 0.200. The molecular formula is C5H7ClN4O. The minimum atomic E-state index is -0.808. The SMILES string of the molecule is NNC(Cl)Oc1ncccn1. The largest absolute Gasteiger partial charge is 0.429 e. The number of nitrogens with zero attached hydrogens (tertiary/aromatic N) is 2. The maximum atomic E-state index is 5.46. The van der Waals surface area contributed by atoms with Crippen molar-refractivity contribution in [2.75, 3.05) is 0 Å². The molecule has 0 radical (unpaired) electrons. The van der Waals surface area contributed by atoms with Crippen molar-refractivity contribution in [3.63, 3.8) is 0 Å². The summed E-state index contributed by atoms with van der Waals surface area (Å²) in [6.07, 6.45) is 3.09. The number of halogens is 1. The van der Waals surface area contributed by atoms with Crippen molar-refractivity contribution < 1.29 is 4.74 Å². The first-order valence-corrected chi connectivity index (χ1v) is 3.30. The lowest BCUT2D eigenvalue weighted by molar-refractivity contribution is 0.225. The Hall–Kier alpha value is -0.910. The Morgan fingerprint density at radius 3 is 2.73 bits per heavy atom. The van der Waals surface area contributed by atoms with Crippen molar-refractivity contribution >= 4 is 11.6 Å². The fourth-order valence-electron chi connectivity index (χ4n) is 0.473. The molecule has 1 aromatic rings. The van der Waals surface area contributed by atoms with Crippen molar-refractivity contribution in [1.29, 1.82) is 0 Å². The monoisotopic (exact) mass is 174 g/mol. The van der Waals surface area contributed by atoms with Gasteiger partial charge in [0, 0.05) is 12.4 Å². The third-order valence-electron chi connectivity index (χ3n) is 0.882. The highest BCUT2D eigenvalue weighted by atomic mass is 35.5. The lowest BCUT2D eigenvalue weighted by Gasteiger charge is -2.07. The quantitative estimate of drug-likeness (QED) is 0.219. The van der Waals surface area contributed by atoms with E-state index in [1.54, 1.807) is 18.5 Å². The standard InChI is InChI=1S/C5H7ClN4O/c6-4(10-7)11-5-8-2-1-3-9-5/h1-4,10H,7H2. The molecule has 0 aliphatic carbocycles. The summed E-state index contributed by atoms with van der Waals surface area (Å²) < 4.78 is 4.87. The third kappa shape index (κ3) is 2.67. The van der Waals surface area contributed by atoms with Gasteiger partial charge >= 0.3 is 6.01 Å². The zero-order valence-electron chi connectivity index (χ0n) is 5.57. The van der Waals surface area contributed by atoms with Crippen molar-refractivity contribution in [2.45, 2.75) is 5.69 Å². The van der Waals surface area contributed by atoms with Gasteiger partial charge in [0.1, 0.15) is 0 Å². The number of alkyl halides is 1. The van der Waals surface area contributed by atoms with Gasteiger partial charge in [0.15, 0.2) is 0 Å². The molecule has 1 unspecified atom stereocenters. The molecule has 1 aromatic heterocycles. The van der Waals surface area contributed by atoms with Gasteiger partial charge in [-0.1, -0.05) is 11.6 Å². The van der Waals surface area contributed by atoms with E-state index in [4.69, 9.17) is 22.2 Å². The first-order valence-electron chi connectivity index (χ1n) is 2.87. The Balaban J connectivity index is 2.51. The summed E-state index contributed by atoms with van der Waals surface area (Å²) in [4.78, 5) is 7.51. The van der Waals surface area contributed by atoms with Crippen LogP contribution >= 0.6 is 11.6 Å². The molecule has 0 fully saturated rings. The lowest BCUT2D eigenvalue weighted by atomic mass is 10.7. The van der Waals surface area contributed by atoms with Gasteiger partial charge in [-0.15, -0.1) is 0 Å². The molecule has 1 atom stereocenters. The summed E-state index contributed by atoms with van der Waals surface area (Å²) in [5, 5.41) is 0. The number of nitrogens with two attached hydrogens (primary N) is 1. The zero-order valence-corrected chi connectivity index (χ0v) is 6.32. The van der Waals surface area contributed by atoms with E-state index in [-0.39, 0.29) is 6.01 Å². The summed E-state index contributed by atoms with van der Waals surface area (Å²) in [6.45, 7) is 0. The van der Waals surface area contributed by atoms with Crippen molar-refractivity contribution in [1.82, 2.24) is 15.4 Å². The normalized spacial score (nSPS) is 12.5. The van der Waals surface area contributed by atoms with Gasteiger partial charge in [-0.2, -0.15) is 0 Å². The molecule has 11 heavy (non-hydrogen) atoms. The Labute approximate surface area is 68.5 Å². The third-order valence-corrected chi connectivity index (χ3v) is 1.10. The molecule has 0 saturated heterocycles. The highest BCUT2D eigenvalue weighted by Crippen LogP contribution is 2.01. The van der Waals surface area contributed by atoms with Gasteiger partial charge in [-0.25, -0.2) is 15.4 Å². The average molecular weight is 175 g/mol. The van der Waals surface area contributed by atoms with E-state index in [1.807, 2.05) is 0 Å². The van der Waals surface area contributed by atoms with Gasteiger partial charge in [-0.3, -0.25) is 5.84 Å². The number of rotatable bonds is 3. The first-order chi connectivity index (χ1) is 5.33. The molecular weight excluding hydrogens is 168 g/mol. The van der Waals surface area contributed by atoms with E-state index < -0.39 is 5.69 Å². The number of nitrogens with one attached hydrogen (secondary N) is 1. The van der Waals surface area contributed by atoms with Gasteiger partial charge in [0.05, 0.1) is 0 Å². The van der Waals surface area contributed by atoms with Crippen molar-refractivity contribution in [3.05, 3.63) is 18.5 Å². The van der Waals surface area contributed by atoms with Crippen LogP contribution in [0.4, 0.5) is 0 Å². The lowest BCUT2D eigenvalue weighted by Crippen LogP contribution is -2.35. The molecule has 5 nitrogen and oxygen atoms in total. The second-order valence-electron chi connectivity index (χ2n) is 1.63. The number of hydrazine groups is 1. The molecule has 0 aromatic carbocycles. The van der Waals surface area contributed by atoms with Crippen LogP contribution in [0.1, 0.15) is 0 Å². The van der Waals surface area contributed by atoms with Crippen molar-refractivity contribution in [3.8, 4) is 6.01 Å². The van der Waals surface area contributed by atoms with Crippen molar-refractivity contribution in [2.24, 2.45) is 5.84 Å². The minimum Gasteiger partial charge on any atom is -0.429 e. The van der Waals surface area contributed by atoms with Crippen LogP contribution < -0.4 is 16.0 Å². The molecule has 0 spiro atoms. The molecule has 0 bridgehead atoms. The highest BCUT2D eigenvalue weighted by molar-refractivity contribution is 6.19. The Bertz CT molecular complexity index is 207. The van der Waals surface area contributed by atoms with Gasteiger partial charge < -0.3 is 4.74 Å². The van der Waals surface area contributed by atoms with E-state index in [0.29, 0.717) is 0 Å². The molecule has 3 N–H and O–H groups in total. The summed E-state index contributed by atoms with van der Waals surface area (Å²) in [5.41, 5.74) is 1.37. The van der Waals surface area contributed by atoms with Gasteiger partial charge in [0.2, 0.25) is 5.69 Å². The average Bonchev–Trinajstić information content (AvgIpc) is 2.06. The smallest absolute Gasteiger partial charge is 0.318 e. The van der Waals surface area contributed by atoms with E-state index in [1.165, 1.54) is 0 Å². The van der Waals surface area contributed by atoms with Crippen LogP contribution in [0, 0.1) is 0 Å². The van der Waals surface area contributed by atoms with Crippen LogP contribution in [0.2, 0.25) is 0 Å². The summed E-state index contributed by atoms with van der Waals surface area (Å²) in [6, 6.07) is 1.86. The summed E-state index contributed by atoms with van der Waals surface area (Å²) in [7, 11) is 0. The molecule has 0 aliphatic heterocycles. The van der Waals surface area contributed by atoms with E-state index in [0.717, 1.165) is 0 Å². The first kappa shape index (κ1) is 8.19. The van der Waals surface area contributed by atoms with Crippen LogP contribution in [0.5, 0.6) is 6.01 Å². The summed E-state index contributed by atoms with van der Waals surface area (Å²) >= 11 is 5.46. The van der Waals surface area contributed by atoms with Crippen LogP contribution in [-0.2, 0) is 0 Å². The molecule has 0 saturated carbocycles. The van der Waals surface area contributed by atoms with E-state index >= 15 is 0 Å². The Morgan fingerprint density at radius 1 is 1.55 bits per heavy atom. The predicted octanol–water partition coefficient (Wildman–Crippen LogP) is -0.159. The van der Waals surface area contributed by atoms with Crippen LogP contribution in [0.25, 0.3) is 0 Å². The highest BCUT2D eigenvalue weighted by Gasteiger charge is 2.02. The number of aromatic nitrogens is 2. The maximum Gasteiger partial charge on any atom is 0.318 e. The molecule has 6 heteroatoms. The van der Waals surface area contributed by atoms with Crippen LogP contribution in [0.3, 0.4) is 0 Å². The van der Waals surface area contributed by atoms with Gasteiger partial charge in [0.25, 0.3) is 0 Å².